The van der Waals surface area contributed by atoms with E-state index >= 15 is 0 Å². The molecule has 176 valence electrons. The van der Waals surface area contributed by atoms with Crippen molar-refractivity contribution >= 4 is 22.8 Å². The van der Waals surface area contributed by atoms with Crippen molar-refractivity contribution in [2.75, 3.05) is 33.2 Å². The molecular formula is C25H28N6O3. The number of amides is 2. The molecule has 9 nitrogen and oxygen atoms in total. The minimum atomic E-state index is -0.266. The molecule has 3 aromatic heterocycles. The number of pyridine rings is 3. The summed E-state index contributed by atoms with van der Waals surface area (Å²) in [6.07, 6.45) is 2.56. The molecule has 0 aliphatic carbocycles. The van der Waals surface area contributed by atoms with Crippen molar-refractivity contribution in [3.8, 4) is 0 Å². The molecule has 9 heteroatoms. The second-order valence-electron chi connectivity index (χ2n) is 9.47. The highest BCUT2D eigenvalue weighted by Crippen LogP contribution is 2.41. The third kappa shape index (κ3) is 3.86. The Bertz CT molecular complexity index is 1350. The molecule has 0 radical (unpaired) electrons. The summed E-state index contributed by atoms with van der Waals surface area (Å²) in [5, 5.41) is 2.54. The van der Waals surface area contributed by atoms with Crippen LogP contribution in [0, 0.1) is 12.3 Å². The Balaban J connectivity index is 1.18. The van der Waals surface area contributed by atoms with Crippen LogP contribution in [0.15, 0.2) is 35.3 Å². The minimum Gasteiger partial charge on any atom is -0.354 e. The van der Waals surface area contributed by atoms with Gasteiger partial charge in [-0.05, 0) is 43.2 Å². The zero-order chi connectivity index (χ0) is 24.0. The molecule has 34 heavy (non-hydrogen) atoms. The SMILES string of the molecule is CCc1cc2ncc(CN3CC4(C3)CN(C(=O)c3ccc(C(=O)NC)nc3C)C4)cc2[nH]c1=O. The Labute approximate surface area is 197 Å². The number of aryl methyl sites for hydroxylation is 2. The molecule has 2 aliphatic heterocycles. The first kappa shape index (κ1) is 22.2. The average Bonchev–Trinajstić information content (AvgIpc) is 2.78. The minimum absolute atomic E-state index is 0.0355. The zero-order valence-electron chi connectivity index (χ0n) is 19.6. The van der Waals surface area contributed by atoms with E-state index in [0.29, 0.717) is 23.4 Å². The van der Waals surface area contributed by atoms with Crippen LogP contribution >= 0.6 is 0 Å². The number of likely N-dealkylation sites (tertiary alicyclic amines) is 2. The number of carbonyl (C=O) groups is 2. The van der Waals surface area contributed by atoms with Crippen molar-refractivity contribution in [2.24, 2.45) is 5.41 Å². The lowest BCUT2D eigenvalue weighted by Gasteiger charge is -2.60. The first-order valence-corrected chi connectivity index (χ1v) is 11.5. The lowest BCUT2D eigenvalue weighted by molar-refractivity contribution is -0.102. The summed E-state index contributed by atoms with van der Waals surface area (Å²) in [7, 11) is 1.55. The molecule has 2 fully saturated rings. The van der Waals surface area contributed by atoms with Crippen LogP contribution in [0.25, 0.3) is 11.0 Å². The van der Waals surface area contributed by atoms with Crippen molar-refractivity contribution in [2.45, 2.75) is 26.8 Å². The highest BCUT2D eigenvalue weighted by molar-refractivity contribution is 5.97. The monoisotopic (exact) mass is 460 g/mol. The van der Waals surface area contributed by atoms with Crippen molar-refractivity contribution in [3.63, 3.8) is 0 Å². The largest absolute Gasteiger partial charge is 0.354 e. The molecule has 0 aromatic carbocycles. The summed E-state index contributed by atoms with van der Waals surface area (Å²) < 4.78 is 0. The summed E-state index contributed by atoms with van der Waals surface area (Å²) in [5.41, 5.74) is 4.89. The zero-order valence-corrected chi connectivity index (χ0v) is 19.6. The van der Waals surface area contributed by atoms with Gasteiger partial charge in [-0.15, -0.1) is 0 Å². The van der Waals surface area contributed by atoms with Gasteiger partial charge in [-0.25, -0.2) is 4.98 Å². The van der Waals surface area contributed by atoms with E-state index in [-0.39, 0.29) is 22.8 Å². The second kappa shape index (κ2) is 8.32. The Kier molecular flexibility index (Phi) is 5.44. The number of carbonyl (C=O) groups excluding carboxylic acids is 2. The van der Waals surface area contributed by atoms with Crippen LogP contribution in [0.2, 0.25) is 0 Å². The Morgan fingerprint density at radius 3 is 2.62 bits per heavy atom. The molecule has 1 spiro atoms. The molecule has 3 aromatic rings. The molecule has 0 bridgehead atoms. The number of H-pyrrole nitrogens is 1. The molecule has 5 heterocycles. The molecule has 0 atom stereocenters. The van der Waals surface area contributed by atoms with E-state index in [2.05, 4.69) is 25.2 Å². The maximum Gasteiger partial charge on any atom is 0.269 e. The summed E-state index contributed by atoms with van der Waals surface area (Å²) in [5.74, 6) is -0.301. The summed E-state index contributed by atoms with van der Waals surface area (Å²) in [6.45, 7) is 7.78. The van der Waals surface area contributed by atoms with E-state index in [1.165, 1.54) is 0 Å². The van der Waals surface area contributed by atoms with Crippen molar-refractivity contribution in [3.05, 3.63) is 68.9 Å². The van der Waals surface area contributed by atoms with E-state index in [4.69, 9.17) is 0 Å². The fourth-order valence-electron chi connectivity index (χ4n) is 5.11. The Morgan fingerprint density at radius 2 is 1.94 bits per heavy atom. The third-order valence-electron chi connectivity index (χ3n) is 6.85. The maximum atomic E-state index is 12.9. The van der Waals surface area contributed by atoms with Crippen molar-refractivity contribution in [1.82, 2.24) is 30.1 Å². The van der Waals surface area contributed by atoms with E-state index < -0.39 is 0 Å². The fourth-order valence-corrected chi connectivity index (χ4v) is 5.11. The van der Waals surface area contributed by atoms with Crippen molar-refractivity contribution in [1.29, 1.82) is 0 Å². The van der Waals surface area contributed by atoms with Gasteiger partial charge >= 0.3 is 0 Å². The van der Waals surface area contributed by atoms with Gasteiger partial charge in [-0.2, -0.15) is 0 Å². The van der Waals surface area contributed by atoms with Crippen molar-refractivity contribution < 1.29 is 9.59 Å². The van der Waals surface area contributed by atoms with Crippen LogP contribution in [-0.4, -0.2) is 69.8 Å². The van der Waals surface area contributed by atoms with Gasteiger partial charge in [0.05, 0.1) is 22.3 Å². The second-order valence-corrected chi connectivity index (χ2v) is 9.47. The number of aromatic nitrogens is 3. The molecule has 2 saturated heterocycles. The summed E-state index contributed by atoms with van der Waals surface area (Å²) in [6, 6.07) is 7.14. The summed E-state index contributed by atoms with van der Waals surface area (Å²) >= 11 is 0. The smallest absolute Gasteiger partial charge is 0.269 e. The van der Waals surface area contributed by atoms with Gasteiger partial charge in [-0.1, -0.05) is 6.92 Å². The van der Waals surface area contributed by atoms with E-state index in [1.54, 1.807) is 26.1 Å². The lowest BCUT2D eigenvalue weighted by atomic mass is 9.72. The molecule has 0 unspecified atom stereocenters. The molecular weight excluding hydrogens is 432 g/mol. The number of aromatic amines is 1. The number of fused-ring (bicyclic) bond motifs is 1. The number of hydrogen-bond acceptors (Lipinski definition) is 6. The van der Waals surface area contributed by atoms with Crippen LogP contribution in [0.4, 0.5) is 0 Å². The van der Waals surface area contributed by atoms with Gasteiger partial charge in [0.1, 0.15) is 5.69 Å². The number of nitrogens with one attached hydrogen (secondary N) is 2. The normalized spacial score (nSPS) is 16.9. The number of rotatable bonds is 5. The van der Waals surface area contributed by atoms with Gasteiger partial charge in [0.2, 0.25) is 0 Å². The van der Waals surface area contributed by atoms with Crippen LogP contribution in [0.1, 0.15) is 44.6 Å². The first-order valence-electron chi connectivity index (χ1n) is 11.5. The maximum absolute atomic E-state index is 12.9. The van der Waals surface area contributed by atoms with Crippen LogP contribution in [0.3, 0.4) is 0 Å². The standard InChI is InChI=1S/C25H28N6O3/c1-4-17-8-20-21(29-22(17)32)7-16(9-27-20)10-30-11-25(12-30)13-31(14-25)24(34)18-5-6-19(23(33)26-3)28-15(18)2/h5-9H,4,10-14H2,1-3H3,(H,26,33)(H,29,32). The molecule has 2 aliphatic rings. The molecule has 5 rings (SSSR count). The lowest BCUT2D eigenvalue weighted by Crippen LogP contribution is -2.72. The van der Waals surface area contributed by atoms with Crippen LogP contribution in [-0.2, 0) is 13.0 Å². The average molecular weight is 461 g/mol. The van der Waals surface area contributed by atoms with E-state index in [0.717, 1.165) is 54.9 Å². The predicted molar refractivity (Wildman–Crippen MR) is 128 cm³/mol. The van der Waals surface area contributed by atoms with Gasteiger partial charge in [0, 0.05) is 56.9 Å². The van der Waals surface area contributed by atoms with Crippen LogP contribution < -0.4 is 10.9 Å². The Morgan fingerprint density at radius 1 is 1.18 bits per heavy atom. The Hall–Kier alpha value is -3.59. The quantitative estimate of drug-likeness (QED) is 0.597. The fraction of sp³-hybridized carbons (Fsp3) is 0.400. The third-order valence-corrected chi connectivity index (χ3v) is 6.85. The van der Waals surface area contributed by atoms with Crippen LogP contribution in [0.5, 0.6) is 0 Å². The number of hydrogen-bond donors (Lipinski definition) is 2. The molecule has 2 amide bonds. The highest BCUT2D eigenvalue weighted by Gasteiger charge is 2.53. The van der Waals surface area contributed by atoms with Gasteiger partial charge in [0.25, 0.3) is 17.4 Å². The van der Waals surface area contributed by atoms with E-state index in [9.17, 15) is 14.4 Å². The van der Waals surface area contributed by atoms with Gasteiger partial charge < -0.3 is 15.2 Å². The van der Waals surface area contributed by atoms with Gasteiger partial charge in [0.15, 0.2) is 0 Å². The first-order chi connectivity index (χ1) is 16.3. The highest BCUT2D eigenvalue weighted by atomic mass is 16.2. The van der Waals surface area contributed by atoms with E-state index in [1.807, 2.05) is 30.2 Å². The van der Waals surface area contributed by atoms with Gasteiger partial charge in [-0.3, -0.25) is 24.3 Å². The predicted octanol–water partition coefficient (Wildman–Crippen LogP) is 1.51. The molecule has 0 saturated carbocycles. The topological polar surface area (TPSA) is 111 Å². The molecule has 2 N–H and O–H groups in total. The summed E-state index contributed by atoms with van der Waals surface area (Å²) in [4.78, 5) is 52.7. The number of nitrogens with zero attached hydrogens (tertiary/aromatic N) is 4.